The number of aromatic amines is 1. The molecule has 3 rings (SSSR count). The summed E-state index contributed by atoms with van der Waals surface area (Å²) in [5.74, 6) is 0.207. The molecule has 7 heteroatoms. The summed E-state index contributed by atoms with van der Waals surface area (Å²) in [6, 6.07) is 9.41. The first-order valence-corrected chi connectivity index (χ1v) is 7.52. The van der Waals surface area contributed by atoms with Crippen LogP contribution >= 0.6 is 0 Å². The minimum Gasteiger partial charge on any atom is -0.462 e. The van der Waals surface area contributed by atoms with E-state index in [4.69, 9.17) is 9.47 Å². The van der Waals surface area contributed by atoms with Gasteiger partial charge in [-0.3, -0.25) is 0 Å². The summed E-state index contributed by atoms with van der Waals surface area (Å²) in [6.07, 6.45) is -2.85. The van der Waals surface area contributed by atoms with Crippen LogP contribution in [-0.4, -0.2) is 17.6 Å². The van der Waals surface area contributed by atoms with Gasteiger partial charge in [-0.2, -0.15) is 13.2 Å². The average molecular weight is 349 g/mol. The quantitative estimate of drug-likeness (QED) is 0.662. The predicted molar refractivity (Wildman–Crippen MR) is 85.8 cm³/mol. The van der Waals surface area contributed by atoms with E-state index in [1.807, 2.05) is 0 Å². The number of ether oxygens (including phenoxy) is 2. The summed E-state index contributed by atoms with van der Waals surface area (Å²) in [5, 5.41) is 0.614. The highest BCUT2D eigenvalue weighted by molar-refractivity contribution is 6.04. The lowest BCUT2D eigenvalue weighted by atomic mass is 10.1. The van der Waals surface area contributed by atoms with Gasteiger partial charge in [0.15, 0.2) is 0 Å². The Balaban J connectivity index is 1.86. The maximum atomic E-state index is 12.6. The number of H-pyrrole nitrogens is 1. The highest BCUT2D eigenvalue weighted by Gasteiger charge is 2.30. The minimum atomic E-state index is -4.39. The predicted octanol–water partition coefficient (Wildman–Crippen LogP) is 5.16. The molecule has 1 heterocycles. The van der Waals surface area contributed by atoms with E-state index in [0.717, 1.165) is 17.6 Å². The lowest BCUT2D eigenvalue weighted by Gasteiger charge is -2.09. The second-order valence-corrected chi connectivity index (χ2v) is 5.25. The normalized spacial score (nSPS) is 11.5. The van der Waals surface area contributed by atoms with Crippen molar-refractivity contribution in [2.24, 2.45) is 0 Å². The Morgan fingerprint density at radius 2 is 1.76 bits per heavy atom. The van der Waals surface area contributed by atoms with Crippen molar-refractivity contribution in [1.29, 1.82) is 0 Å². The molecule has 2 aromatic carbocycles. The van der Waals surface area contributed by atoms with Crippen molar-refractivity contribution in [3.63, 3.8) is 0 Å². The van der Waals surface area contributed by atoms with E-state index in [9.17, 15) is 18.0 Å². The third-order valence-electron chi connectivity index (χ3n) is 3.57. The van der Waals surface area contributed by atoms with E-state index in [2.05, 4.69) is 4.98 Å². The molecule has 0 aliphatic heterocycles. The molecule has 130 valence electrons. The number of rotatable bonds is 4. The molecule has 0 bridgehead atoms. The van der Waals surface area contributed by atoms with Crippen LogP contribution in [0.2, 0.25) is 0 Å². The molecular formula is C18H14F3NO3. The summed E-state index contributed by atoms with van der Waals surface area (Å²) in [4.78, 5) is 14.9. The fourth-order valence-electron chi connectivity index (χ4n) is 2.39. The Labute approximate surface area is 141 Å². The number of fused-ring (bicyclic) bond motifs is 1. The first-order valence-electron chi connectivity index (χ1n) is 7.52. The summed E-state index contributed by atoms with van der Waals surface area (Å²) in [7, 11) is 0. The second-order valence-electron chi connectivity index (χ2n) is 5.25. The molecule has 0 radical (unpaired) electrons. The minimum absolute atomic E-state index is 0.257. The Bertz CT molecular complexity index is 898. The SMILES string of the molecule is CCOC(=O)c1c[nH]c2ccc(Oc3ccc(C(F)(F)F)cc3)cc12. The Morgan fingerprint density at radius 3 is 2.40 bits per heavy atom. The molecule has 0 saturated heterocycles. The van der Waals surface area contributed by atoms with Gasteiger partial charge in [0, 0.05) is 17.1 Å². The van der Waals surface area contributed by atoms with Gasteiger partial charge in [0.1, 0.15) is 11.5 Å². The van der Waals surface area contributed by atoms with Gasteiger partial charge in [0.2, 0.25) is 0 Å². The first-order chi connectivity index (χ1) is 11.9. The maximum Gasteiger partial charge on any atom is 0.416 e. The third kappa shape index (κ3) is 3.60. The van der Waals surface area contributed by atoms with Gasteiger partial charge < -0.3 is 14.5 Å². The van der Waals surface area contributed by atoms with Gasteiger partial charge in [-0.25, -0.2) is 4.79 Å². The highest BCUT2D eigenvalue weighted by Crippen LogP contribution is 2.32. The molecule has 0 aliphatic carbocycles. The van der Waals surface area contributed by atoms with Crippen molar-refractivity contribution in [3.05, 3.63) is 59.8 Å². The topological polar surface area (TPSA) is 51.3 Å². The van der Waals surface area contributed by atoms with Crippen molar-refractivity contribution in [2.75, 3.05) is 6.61 Å². The first kappa shape index (κ1) is 16.9. The maximum absolute atomic E-state index is 12.6. The molecule has 0 aliphatic rings. The van der Waals surface area contributed by atoms with E-state index >= 15 is 0 Å². The fourth-order valence-corrected chi connectivity index (χ4v) is 2.39. The van der Waals surface area contributed by atoms with Crippen LogP contribution in [0.1, 0.15) is 22.8 Å². The van der Waals surface area contributed by atoms with Gasteiger partial charge in [0.05, 0.1) is 17.7 Å². The van der Waals surface area contributed by atoms with E-state index in [1.165, 1.54) is 12.1 Å². The highest BCUT2D eigenvalue weighted by atomic mass is 19.4. The zero-order valence-corrected chi connectivity index (χ0v) is 13.2. The van der Waals surface area contributed by atoms with Crippen molar-refractivity contribution < 1.29 is 27.4 Å². The molecule has 1 aromatic heterocycles. The van der Waals surface area contributed by atoms with E-state index < -0.39 is 17.7 Å². The zero-order chi connectivity index (χ0) is 18.0. The largest absolute Gasteiger partial charge is 0.462 e. The number of esters is 1. The monoisotopic (exact) mass is 349 g/mol. The molecule has 0 atom stereocenters. The van der Waals surface area contributed by atoms with Crippen LogP contribution in [0, 0.1) is 0 Å². The third-order valence-corrected chi connectivity index (χ3v) is 3.57. The van der Waals surface area contributed by atoms with Gasteiger partial charge in [-0.1, -0.05) is 0 Å². The number of alkyl halides is 3. The Morgan fingerprint density at radius 1 is 1.08 bits per heavy atom. The van der Waals surface area contributed by atoms with Gasteiger partial charge in [-0.05, 0) is 49.4 Å². The number of carbonyl (C=O) groups excluding carboxylic acids is 1. The van der Waals surface area contributed by atoms with E-state index in [0.29, 0.717) is 16.7 Å². The lowest BCUT2D eigenvalue weighted by Crippen LogP contribution is -2.04. The van der Waals surface area contributed by atoms with Crippen molar-refractivity contribution in [3.8, 4) is 11.5 Å². The average Bonchev–Trinajstić information content (AvgIpc) is 2.98. The molecule has 1 N–H and O–H groups in total. The number of nitrogens with one attached hydrogen (secondary N) is 1. The Hall–Kier alpha value is -2.96. The molecule has 4 nitrogen and oxygen atoms in total. The lowest BCUT2D eigenvalue weighted by molar-refractivity contribution is -0.137. The molecule has 0 spiro atoms. The van der Waals surface area contributed by atoms with Crippen LogP contribution in [0.25, 0.3) is 10.9 Å². The van der Waals surface area contributed by atoms with Crippen molar-refractivity contribution in [2.45, 2.75) is 13.1 Å². The van der Waals surface area contributed by atoms with E-state index in [1.54, 1.807) is 31.3 Å². The van der Waals surface area contributed by atoms with Crippen molar-refractivity contribution in [1.82, 2.24) is 4.98 Å². The molecule has 25 heavy (non-hydrogen) atoms. The standard InChI is InChI=1S/C18H14F3NO3/c1-2-24-17(23)15-10-22-16-8-7-13(9-14(15)16)25-12-5-3-11(4-6-12)18(19,20)21/h3-10,22H,2H2,1H3. The molecule has 0 amide bonds. The zero-order valence-electron chi connectivity index (χ0n) is 13.2. The fraction of sp³-hybridized carbons (Fsp3) is 0.167. The van der Waals surface area contributed by atoms with Crippen LogP contribution < -0.4 is 4.74 Å². The molecule has 3 aromatic rings. The van der Waals surface area contributed by atoms with Crippen LogP contribution in [0.5, 0.6) is 11.5 Å². The summed E-state index contributed by atoms with van der Waals surface area (Å²) >= 11 is 0. The van der Waals surface area contributed by atoms with Gasteiger partial charge >= 0.3 is 12.1 Å². The number of carbonyl (C=O) groups is 1. The van der Waals surface area contributed by atoms with Crippen LogP contribution in [0.15, 0.2) is 48.7 Å². The summed E-state index contributed by atoms with van der Waals surface area (Å²) < 4.78 is 48.3. The number of benzene rings is 2. The second kappa shape index (κ2) is 6.51. The summed E-state index contributed by atoms with van der Waals surface area (Å²) in [6.45, 7) is 1.97. The van der Waals surface area contributed by atoms with Crippen molar-refractivity contribution >= 4 is 16.9 Å². The molecule has 0 fully saturated rings. The number of hydrogen-bond acceptors (Lipinski definition) is 3. The van der Waals surface area contributed by atoms with Gasteiger partial charge in [-0.15, -0.1) is 0 Å². The van der Waals surface area contributed by atoms with Gasteiger partial charge in [0.25, 0.3) is 0 Å². The van der Waals surface area contributed by atoms with Crippen LogP contribution in [0.4, 0.5) is 13.2 Å². The summed E-state index contributed by atoms with van der Waals surface area (Å²) in [5.41, 5.74) is 0.350. The number of hydrogen-bond donors (Lipinski definition) is 1. The van der Waals surface area contributed by atoms with Crippen LogP contribution in [0.3, 0.4) is 0 Å². The molecular weight excluding hydrogens is 335 g/mol. The number of aromatic nitrogens is 1. The smallest absolute Gasteiger partial charge is 0.416 e. The van der Waals surface area contributed by atoms with E-state index in [-0.39, 0.29) is 12.4 Å². The Kier molecular flexibility index (Phi) is 4.39. The molecule has 0 unspecified atom stereocenters. The number of halogens is 3. The van der Waals surface area contributed by atoms with Crippen LogP contribution in [-0.2, 0) is 10.9 Å². The molecule has 0 saturated carbocycles.